The number of rotatable bonds is 6. The Hall–Kier alpha value is -2.67. The third-order valence-corrected chi connectivity index (χ3v) is 7.37. The van der Waals surface area contributed by atoms with Gasteiger partial charge in [-0.2, -0.15) is 0 Å². The molecule has 6 nitrogen and oxygen atoms in total. The van der Waals surface area contributed by atoms with Gasteiger partial charge in [0, 0.05) is 0 Å². The molecule has 0 saturated heterocycles. The van der Waals surface area contributed by atoms with E-state index in [-0.39, 0.29) is 33.6 Å². The van der Waals surface area contributed by atoms with Crippen LogP contribution in [0.2, 0.25) is 0 Å². The lowest BCUT2D eigenvalue weighted by molar-refractivity contribution is -0.142. The zero-order valence-corrected chi connectivity index (χ0v) is 16.7. The van der Waals surface area contributed by atoms with E-state index in [2.05, 4.69) is 0 Å². The van der Waals surface area contributed by atoms with Crippen LogP contribution in [0.1, 0.15) is 38.5 Å². The second-order valence-electron chi connectivity index (χ2n) is 7.54. The standard InChI is InChI=1S/C22H22O6S/c23-21(15-3-1-4-15)27-17-7-11-19(12-8-17)29(25,26)20-13-9-18(10-14-20)28-22(24)16-5-2-6-16/h7-16H,1-6H2. The van der Waals surface area contributed by atoms with E-state index in [0.29, 0.717) is 11.5 Å². The largest absolute Gasteiger partial charge is 0.426 e. The molecule has 0 atom stereocenters. The van der Waals surface area contributed by atoms with Gasteiger partial charge in [-0.25, -0.2) is 8.42 Å². The second kappa shape index (κ2) is 7.99. The predicted octanol–water partition coefficient (Wildman–Crippen LogP) is 3.93. The fourth-order valence-electron chi connectivity index (χ4n) is 3.20. The summed E-state index contributed by atoms with van der Waals surface area (Å²) >= 11 is 0. The Morgan fingerprint density at radius 2 is 1.00 bits per heavy atom. The quantitative estimate of drug-likeness (QED) is 0.526. The molecule has 4 rings (SSSR count). The van der Waals surface area contributed by atoms with Crippen LogP contribution in [-0.4, -0.2) is 20.4 Å². The number of benzene rings is 2. The number of ether oxygens (including phenoxy) is 2. The number of hydrogen-bond acceptors (Lipinski definition) is 6. The normalized spacial score (nSPS) is 17.1. The van der Waals surface area contributed by atoms with Gasteiger partial charge in [-0.15, -0.1) is 0 Å². The van der Waals surface area contributed by atoms with Crippen molar-refractivity contribution in [2.75, 3.05) is 0 Å². The van der Waals surface area contributed by atoms with E-state index in [1.165, 1.54) is 48.5 Å². The Bertz CT molecular complexity index is 923. The minimum absolute atomic E-state index is 0.0460. The Kier molecular flexibility index (Phi) is 5.41. The maximum absolute atomic E-state index is 12.8. The lowest BCUT2D eigenvalue weighted by Gasteiger charge is -2.23. The first kappa shape index (κ1) is 19.6. The summed E-state index contributed by atoms with van der Waals surface area (Å²) in [5.41, 5.74) is 0. The van der Waals surface area contributed by atoms with Gasteiger partial charge >= 0.3 is 11.9 Å². The molecule has 2 saturated carbocycles. The molecular weight excluding hydrogens is 392 g/mol. The maximum atomic E-state index is 12.8. The molecule has 0 bridgehead atoms. The van der Waals surface area contributed by atoms with Crippen molar-refractivity contribution in [2.45, 2.75) is 48.3 Å². The highest BCUT2D eigenvalue weighted by Crippen LogP contribution is 2.30. The van der Waals surface area contributed by atoms with Crippen LogP contribution in [0.25, 0.3) is 0 Å². The molecule has 7 heteroatoms. The van der Waals surface area contributed by atoms with Gasteiger partial charge in [-0.05, 0) is 74.2 Å². The van der Waals surface area contributed by atoms with Gasteiger partial charge in [0.1, 0.15) is 11.5 Å². The topological polar surface area (TPSA) is 86.7 Å². The molecule has 2 fully saturated rings. The van der Waals surface area contributed by atoms with Crippen molar-refractivity contribution in [3.8, 4) is 11.5 Å². The maximum Gasteiger partial charge on any atom is 0.314 e. The first-order chi connectivity index (χ1) is 13.9. The molecule has 0 unspecified atom stereocenters. The number of sulfone groups is 1. The summed E-state index contributed by atoms with van der Waals surface area (Å²) in [6.07, 6.45) is 5.45. The lowest BCUT2D eigenvalue weighted by atomic mass is 9.86. The van der Waals surface area contributed by atoms with Gasteiger partial charge < -0.3 is 9.47 Å². The van der Waals surface area contributed by atoms with Crippen LogP contribution in [0.15, 0.2) is 58.3 Å². The monoisotopic (exact) mass is 414 g/mol. The average molecular weight is 414 g/mol. The van der Waals surface area contributed by atoms with Crippen molar-refractivity contribution < 1.29 is 27.5 Å². The van der Waals surface area contributed by atoms with Crippen LogP contribution in [0.4, 0.5) is 0 Å². The summed E-state index contributed by atoms with van der Waals surface area (Å²) in [5, 5.41) is 0. The second-order valence-corrected chi connectivity index (χ2v) is 9.49. The Morgan fingerprint density at radius 1 is 0.655 bits per heavy atom. The highest BCUT2D eigenvalue weighted by atomic mass is 32.2. The third-order valence-electron chi connectivity index (χ3n) is 5.58. The Labute approximate surface area is 169 Å². The van der Waals surface area contributed by atoms with E-state index in [0.717, 1.165) is 38.5 Å². The Morgan fingerprint density at radius 3 is 1.28 bits per heavy atom. The third kappa shape index (κ3) is 4.19. The molecule has 0 aliphatic heterocycles. The zero-order chi connectivity index (χ0) is 20.4. The fraction of sp³-hybridized carbons (Fsp3) is 0.364. The van der Waals surface area contributed by atoms with Gasteiger partial charge in [0.2, 0.25) is 9.84 Å². The van der Waals surface area contributed by atoms with Gasteiger partial charge in [0.25, 0.3) is 0 Å². The lowest BCUT2D eigenvalue weighted by Crippen LogP contribution is -2.26. The smallest absolute Gasteiger partial charge is 0.314 e. The van der Waals surface area contributed by atoms with E-state index in [1.807, 2.05) is 0 Å². The minimum atomic E-state index is -3.73. The van der Waals surface area contributed by atoms with Crippen molar-refractivity contribution in [3.63, 3.8) is 0 Å². The van der Waals surface area contributed by atoms with Crippen molar-refractivity contribution >= 4 is 21.8 Å². The molecule has 29 heavy (non-hydrogen) atoms. The molecule has 0 aromatic heterocycles. The van der Waals surface area contributed by atoms with E-state index in [1.54, 1.807) is 0 Å². The summed E-state index contributed by atoms with van der Waals surface area (Å²) in [5.74, 6) is 0.0432. The van der Waals surface area contributed by atoms with Crippen LogP contribution in [-0.2, 0) is 19.4 Å². The molecule has 2 aliphatic rings. The van der Waals surface area contributed by atoms with E-state index < -0.39 is 9.84 Å². The summed E-state index contributed by atoms with van der Waals surface area (Å²) in [6.45, 7) is 0. The van der Waals surface area contributed by atoms with Crippen molar-refractivity contribution in [3.05, 3.63) is 48.5 Å². The van der Waals surface area contributed by atoms with E-state index >= 15 is 0 Å². The molecular formula is C22H22O6S. The minimum Gasteiger partial charge on any atom is -0.426 e. The molecule has 0 radical (unpaired) electrons. The van der Waals surface area contributed by atoms with Gasteiger partial charge in [-0.1, -0.05) is 12.8 Å². The first-order valence-electron chi connectivity index (χ1n) is 9.82. The number of carbonyl (C=O) groups is 2. The highest BCUT2D eigenvalue weighted by molar-refractivity contribution is 7.91. The van der Waals surface area contributed by atoms with Gasteiger partial charge in [-0.3, -0.25) is 9.59 Å². The van der Waals surface area contributed by atoms with Crippen LogP contribution in [0.5, 0.6) is 11.5 Å². The van der Waals surface area contributed by atoms with Crippen LogP contribution < -0.4 is 9.47 Å². The van der Waals surface area contributed by atoms with E-state index in [9.17, 15) is 18.0 Å². The van der Waals surface area contributed by atoms with Crippen LogP contribution in [0, 0.1) is 11.8 Å². The molecule has 2 aliphatic carbocycles. The van der Waals surface area contributed by atoms with E-state index in [4.69, 9.17) is 9.47 Å². The molecule has 0 heterocycles. The number of hydrogen-bond donors (Lipinski definition) is 0. The van der Waals surface area contributed by atoms with Crippen molar-refractivity contribution in [1.29, 1.82) is 0 Å². The Balaban J connectivity index is 1.43. The number of esters is 2. The molecule has 2 aromatic rings. The van der Waals surface area contributed by atoms with Crippen LogP contribution in [0.3, 0.4) is 0 Å². The van der Waals surface area contributed by atoms with Crippen molar-refractivity contribution in [1.82, 2.24) is 0 Å². The molecule has 152 valence electrons. The predicted molar refractivity (Wildman–Crippen MR) is 104 cm³/mol. The fourth-order valence-corrected chi connectivity index (χ4v) is 4.46. The van der Waals surface area contributed by atoms with Crippen LogP contribution >= 0.6 is 0 Å². The molecule has 0 amide bonds. The van der Waals surface area contributed by atoms with Gasteiger partial charge in [0.05, 0.1) is 21.6 Å². The zero-order valence-electron chi connectivity index (χ0n) is 15.9. The molecule has 0 N–H and O–H groups in total. The SMILES string of the molecule is O=C(Oc1ccc(S(=O)(=O)c2ccc(OC(=O)C3CCC3)cc2)cc1)C1CCC1. The average Bonchev–Trinajstić information content (AvgIpc) is 2.59. The molecule has 2 aromatic carbocycles. The van der Waals surface area contributed by atoms with Crippen molar-refractivity contribution in [2.24, 2.45) is 11.8 Å². The summed E-state index contributed by atoms with van der Waals surface area (Å²) in [4.78, 5) is 24.0. The highest BCUT2D eigenvalue weighted by Gasteiger charge is 2.28. The molecule has 0 spiro atoms. The number of carbonyl (C=O) groups excluding carboxylic acids is 2. The summed E-state index contributed by atoms with van der Waals surface area (Å²) < 4.78 is 36.2. The first-order valence-corrected chi connectivity index (χ1v) is 11.3. The summed E-state index contributed by atoms with van der Waals surface area (Å²) in [7, 11) is -3.73. The summed E-state index contributed by atoms with van der Waals surface area (Å²) in [6, 6.07) is 11.6. The van der Waals surface area contributed by atoms with Gasteiger partial charge in [0.15, 0.2) is 0 Å².